The Labute approximate surface area is 136 Å². The number of amides is 2. The largest absolute Gasteiger partial charge is 0.444 e. The predicted octanol–water partition coefficient (Wildman–Crippen LogP) is 1.56. The van der Waals surface area contributed by atoms with Gasteiger partial charge in [-0.15, -0.1) is 0 Å². The van der Waals surface area contributed by atoms with Gasteiger partial charge in [-0.1, -0.05) is 0 Å². The van der Waals surface area contributed by atoms with Gasteiger partial charge in [0.05, 0.1) is 12.9 Å². The van der Waals surface area contributed by atoms with Crippen molar-refractivity contribution in [1.29, 1.82) is 0 Å². The van der Waals surface area contributed by atoms with E-state index in [0.29, 0.717) is 11.2 Å². The van der Waals surface area contributed by atoms with E-state index in [9.17, 15) is 9.59 Å². The van der Waals surface area contributed by atoms with E-state index < -0.39 is 5.91 Å². The van der Waals surface area contributed by atoms with Gasteiger partial charge in [0.1, 0.15) is 0 Å². The van der Waals surface area contributed by atoms with E-state index in [2.05, 4.69) is 31.5 Å². The molecule has 0 atom stereocenters. The Balaban J connectivity index is 1.55. The van der Waals surface area contributed by atoms with Crippen molar-refractivity contribution in [2.24, 2.45) is 0 Å². The van der Waals surface area contributed by atoms with Gasteiger partial charge in [0, 0.05) is 25.5 Å². The standard InChI is InChI=1S/C14H17BrN4O3/c15-12-4-3-11(22-12)14(21)18-9-13(20)17-5-1-2-7-19-8-6-16-10-19/h3-4,6,8,10H,1-2,5,7,9H2,(H,17,20)(H,18,21). The summed E-state index contributed by atoms with van der Waals surface area (Å²) in [6.45, 7) is 1.38. The third kappa shape index (κ3) is 5.36. The number of aryl methyl sites for hydroxylation is 1. The molecule has 7 nitrogen and oxygen atoms in total. The number of hydrogen-bond donors (Lipinski definition) is 2. The van der Waals surface area contributed by atoms with Crippen LogP contribution in [0.4, 0.5) is 0 Å². The fourth-order valence-corrected chi connectivity index (χ4v) is 2.12. The third-order valence-corrected chi connectivity index (χ3v) is 3.36. The zero-order chi connectivity index (χ0) is 15.8. The molecule has 2 aromatic rings. The van der Waals surface area contributed by atoms with Crippen LogP contribution in [-0.2, 0) is 11.3 Å². The predicted molar refractivity (Wildman–Crippen MR) is 83.2 cm³/mol. The van der Waals surface area contributed by atoms with Crippen LogP contribution in [0.5, 0.6) is 0 Å². The Kier molecular flexibility index (Phi) is 6.20. The van der Waals surface area contributed by atoms with Crippen LogP contribution in [0.3, 0.4) is 0 Å². The number of furan rings is 1. The third-order valence-electron chi connectivity index (χ3n) is 2.93. The Morgan fingerprint density at radius 2 is 2.14 bits per heavy atom. The molecule has 2 N–H and O–H groups in total. The van der Waals surface area contributed by atoms with Crippen LogP contribution in [0.25, 0.3) is 0 Å². The minimum atomic E-state index is -0.416. The second-order valence-corrected chi connectivity index (χ2v) is 5.43. The second kappa shape index (κ2) is 8.38. The summed E-state index contributed by atoms with van der Waals surface area (Å²) in [4.78, 5) is 27.2. The highest BCUT2D eigenvalue weighted by Gasteiger charge is 2.11. The maximum atomic E-state index is 11.7. The number of unbranched alkanes of at least 4 members (excludes halogenated alkanes) is 1. The van der Waals surface area contributed by atoms with Gasteiger partial charge in [-0.2, -0.15) is 0 Å². The molecule has 22 heavy (non-hydrogen) atoms. The number of aromatic nitrogens is 2. The minimum Gasteiger partial charge on any atom is -0.444 e. The molecule has 0 aliphatic carbocycles. The Morgan fingerprint density at radius 1 is 1.27 bits per heavy atom. The van der Waals surface area contributed by atoms with E-state index in [1.165, 1.54) is 6.07 Å². The molecular formula is C14H17BrN4O3. The lowest BCUT2D eigenvalue weighted by Crippen LogP contribution is -2.37. The summed E-state index contributed by atoms with van der Waals surface area (Å²) in [6, 6.07) is 3.16. The van der Waals surface area contributed by atoms with Crippen molar-refractivity contribution in [3.05, 3.63) is 41.3 Å². The number of carbonyl (C=O) groups excluding carboxylic acids is 2. The number of imidazole rings is 1. The number of rotatable bonds is 8. The van der Waals surface area contributed by atoms with Gasteiger partial charge in [-0.05, 0) is 40.9 Å². The van der Waals surface area contributed by atoms with Crippen molar-refractivity contribution in [2.45, 2.75) is 19.4 Å². The van der Waals surface area contributed by atoms with Crippen LogP contribution in [0.2, 0.25) is 0 Å². The summed E-state index contributed by atoms with van der Waals surface area (Å²) in [6.07, 6.45) is 7.22. The van der Waals surface area contributed by atoms with Gasteiger partial charge in [-0.3, -0.25) is 9.59 Å². The molecule has 0 fully saturated rings. The zero-order valence-corrected chi connectivity index (χ0v) is 13.5. The van der Waals surface area contributed by atoms with Gasteiger partial charge in [0.25, 0.3) is 5.91 Å². The van der Waals surface area contributed by atoms with Gasteiger partial charge in [0.2, 0.25) is 5.91 Å². The SMILES string of the molecule is O=C(CNC(=O)c1ccc(Br)o1)NCCCCn1ccnc1. The maximum absolute atomic E-state index is 11.7. The molecule has 0 aliphatic heterocycles. The highest BCUT2D eigenvalue weighted by Crippen LogP contribution is 2.13. The molecule has 0 aliphatic rings. The highest BCUT2D eigenvalue weighted by molar-refractivity contribution is 9.10. The molecule has 0 saturated carbocycles. The van der Waals surface area contributed by atoms with Crippen LogP contribution in [0.15, 0.2) is 39.9 Å². The van der Waals surface area contributed by atoms with Crippen molar-refractivity contribution in [3.8, 4) is 0 Å². The van der Waals surface area contributed by atoms with Gasteiger partial charge >= 0.3 is 0 Å². The lowest BCUT2D eigenvalue weighted by molar-refractivity contribution is -0.120. The smallest absolute Gasteiger partial charge is 0.287 e. The molecule has 0 spiro atoms. The molecule has 0 bridgehead atoms. The average molecular weight is 369 g/mol. The monoisotopic (exact) mass is 368 g/mol. The van der Waals surface area contributed by atoms with Gasteiger partial charge in [-0.25, -0.2) is 4.98 Å². The summed E-state index contributed by atoms with van der Waals surface area (Å²) >= 11 is 3.11. The summed E-state index contributed by atoms with van der Waals surface area (Å²) in [5.74, 6) is -0.470. The van der Waals surface area contributed by atoms with Gasteiger partial charge < -0.3 is 19.6 Å². The summed E-state index contributed by atoms with van der Waals surface area (Å²) < 4.78 is 7.55. The molecule has 0 aromatic carbocycles. The summed E-state index contributed by atoms with van der Waals surface area (Å²) in [5, 5.41) is 5.25. The number of halogens is 1. The highest BCUT2D eigenvalue weighted by atomic mass is 79.9. The fraction of sp³-hybridized carbons (Fsp3) is 0.357. The van der Waals surface area contributed by atoms with Crippen molar-refractivity contribution in [3.63, 3.8) is 0 Å². The van der Waals surface area contributed by atoms with Crippen molar-refractivity contribution < 1.29 is 14.0 Å². The molecule has 0 saturated heterocycles. The molecule has 2 heterocycles. The first-order valence-electron chi connectivity index (χ1n) is 6.91. The molecule has 0 radical (unpaired) electrons. The number of hydrogen-bond acceptors (Lipinski definition) is 4. The fourth-order valence-electron chi connectivity index (χ4n) is 1.81. The normalized spacial score (nSPS) is 10.4. The molecule has 0 unspecified atom stereocenters. The van der Waals surface area contributed by atoms with Crippen LogP contribution in [0.1, 0.15) is 23.4 Å². The topological polar surface area (TPSA) is 89.2 Å². The minimum absolute atomic E-state index is 0.0708. The molecule has 2 aromatic heterocycles. The van der Waals surface area contributed by atoms with Gasteiger partial charge in [0.15, 0.2) is 10.4 Å². The van der Waals surface area contributed by atoms with E-state index >= 15 is 0 Å². The lowest BCUT2D eigenvalue weighted by atomic mass is 10.3. The summed E-state index contributed by atoms with van der Waals surface area (Å²) in [5.41, 5.74) is 0. The first-order valence-corrected chi connectivity index (χ1v) is 7.70. The van der Waals surface area contributed by atoms with Crippen LogP contribution < -0.4 is 10.6 Å². The zero-order valence-electron chi connectivity index (χ0n) is 11.9. The molecule has 118 valence electrons. The van der Waals surface area contributed by atoms with Crippen molar-refractivity contribution in [1.82, 2.24) is 20.2 Å². The Morgan fingerprint density at radius 3 is 2.82 bits per heavy atom. The summed E-state index contributed by atoms with van der Waals surface area (Å²) in [7, 11) is 0. The number of nitrogens with zero attached hydrogens (tertiary/aromatic N) is 2. The van der Waals surface area contributed by atoms with E-state index in [1.54, 1.807) is 18.6 Å². The molecule has 2 rings (SSSR count). The number of carbonyl (C=O) groups is 2. The maximum Gasteiger partial charge on any atom is 0.287 e. The second-order valence-electron chi connectivity index (χ2n) is 4.64. The first kappa shape index (κ1) is 16.3. The lowest BCUT2D eigenvalue weighted by Gasteiger charge is -2.06. The first-order chi connectivity index (χ1) is 10.6. The van der Waals surface area contributed by atoms with Crippen LogP contribution >= 0.6 is 15.9 Å². The van der Waals surface area contributed by atoms with Crippen LogP contribution in [0, 0.1) is 0 Å². The van der Waals surface area contributed by atoms with Crippen LogP contribution in [-0.4, -0.2) is 34.5 Å². The average Bonchev–Trinajstić information content (AvgIpc) is 3.16. The Hall–Kier alpha value is -2.09. The molecule has 8 heteroatoms. The van der Waals surface area contributed by atoms with Crippen molar-refractivity contribution >= 4 is 27.7 Å². The van der Waals surface area contributed by atoms with E-state index in [4.69, 9.17) is 4.42 Å². The quantitative estimate of drug-likeness (QED) is 0.692. The number of nitrogens with one attached hydrogen (secondary N) is 2. The van der Waals surface area contributed by atoms with E-state index in [-0.39, 0.29) is 18.2 Å². The van der Waals surface area contributed by atoms with E-state index in [0.717, 1.165) is 19.4 Å². The molecular weight excluding hydrogens is 352 g/mol. The van der Waals surface area contributed by atoms with Crippen molar-refractivity contribution in [2.75, 3.05) is 13.1 Å². The van der Waals surface area contributed by atoms with E-state index in [1.807, 2.05) is 10.8 Å². The Bertz CT molecular complexity index is 609. The molecule has 2 amide bonds.